The van der Waals surface area contributed by atoms with Gasteiger partial charge in [-0.3, -0.25) is 4.57 Å². The Hall–Kier alpha value is -0.510. The second kappa shape index (κ2) is 4.13. The fourth-order valence-corrected chi connectivity index (χ4v) is 1.75. The summed E-state index contributed by atoms with van der Waals surface area (Å²) in [5.41, 5.74) is 0. The van der Waals surface area contributed by atoms with Crippen LogP contribution in [0.1, 0.15) is 33.7 Å². The average Bonchev–Trinajstić information content (AvgIpc) is 2.30. The summed E-state index contributed by atoms with van der Waals surface area (Å²) >= 11 is 3.43. The van der Waals surface area contributed by atoms with Crippen LogP contribution in [0, 0.1) is 0 Å². The number of hydrogen-bond donors (Lipinski definition) is 0. The first kappa shape index (κ1) is 10.6. The first-order chi connectivity index (χ1) is 6.02. The summed E-state index contributed by atoms with van der Waals surface area (Å²) < 4.78 is 8.52. The van der Waals surface area contributed by atoms with Gasteiger partial charge in [-0.15, -0.1) is 0 Å². The van der Waals surface area contributed by atoms with Crippen molar-refractivity contribution in [3.8, 4) is 6.01 Å². The summed E-state index contributed by atoms with van der Waals surface area (Å²) in [6.07, 6.45) is 1.92. The maximum atomic E-state index is 5.55. The Labute approximate surface area is 87.2 Å². The molecule has 0 bridgehead atoms. The van der Waals surface area contributed by atoms with Gasteiger partial charge in [0.1, 0.15) is 4.60 Å². The number of imidazole rings is 1. The predicted molar refractivity (Wildman–Crippen MR) is 56.1 cm³/mol. The standard InChI is InChI=1S/C9H15BrN2O/c1-6(2)12-8(10)5-11-9(12)13-7(3)4/h5-7H,1-4H3. The molecular formula is C9H15BrN2O. The van der Waals surface area contributed by atoms with Crippen molar-refractivity contribution in [3.63, 3.8) is 0 Å². The summed E-state index contributed by atoms with van der Waals surface area (Å²) in [7, 11) is 0. The molecule has 0 aliphatic carbocycles. The molecule has 0 aliphatic rings. The highest BCUT2D eigenvalue weighted by atomic mass is 79.9. The van der Waals surface area contributed by atoms with E-state index in [9.17, 15) is 0 Å². The third-order valence-electron chi connectivity index (χ3n) is 1.58. The van der Waals surface area contributed by atoms with Crippen LogP contribution in [0.25, 0.3) is 0 Å². The van der Waals surface area contributed by atoms with Gasteiger partial charge in [0.05, 0.1) is 12.3 Å². The van der Waals surface area contributed by atoms with E-state index in [1.807, 2.05) is 18.4 Å². The maximum absolute atomic E-state index is 5.55. The van der Waals surface area contributed by atoms with Gasteiger partial charge in [-0.05, 0) is 43.6 Å². The fourth-order valence-electron chi connectivity index (χ4n) is 1.09. The molecule has 1 heterocycles. The molecule has 1 aromatic heterocycles. The van der Waals surface area contributed by atoms with Crippen LogP contribution in [-0.4, -0.2) is 15.7 Å². The monoisotopic (exact) mass is 246 g/mol. The predicted octanol–water partition coefficient (Wildman–Crippen LogP) is 3.01. The first-order valence-electron chi connectivity index (χ1n) is 4.41. The Morgan fingerprint density at radius 3 is 2.46 bits per heavy atom. The van der Waals surface area contributed by atoms with Gasteiger partial charge >= 0.3 is 0 Å². The molecule has 1 aromatic rings. The molecule has 13 heavy (non-hydrogen) atoms. The van der Waals surface area contributed by atoms with E-state index in [-0.39, 0.29) is 6.10 Å². The molecule has 4 heteroatoms. The molecule has 0 N–H and O–H groups in total. The zero-order chi connectivity index (χ0) is 10.0. The molecule has 0 radical (unpaired) electrons. The van der Waals surface area contributed by atoms with E-state index in [1.165, 1.54) is 0 Å². The summed E-state index contributed by atoms with van der Waals surface area (Å²) in [4.78, 5) is 4.17. The lowest BCUT2D eigenvalue weighted by Crippen LogP contribution is -2.12. The Morgan fingerprint density at radius 1 is 1.38 bits per heavy atom. The summed E-state index contributed by atoms with van der Waals surface area (Å²) in [5, 5.41) is 0. The van der Waals surface area contributed by atoms with E-state index in [1.54, 1.807) is 6.20 Å². The van der Waals surface area contributed by atoms with Crippen molar-refractivity contribution in [1.29, 1.82) is 0 Å². The molecule has 0 unspecified atom stereocenters. The van der Waals surface area contributed by atoms with Crippen molar-refractivity contribution < 1.29 is 4.74 Å². The molecule has 3 nitrogen and oxygen atoms in total. The van der Waals surface area contributed by atoms with Crippen molar-refractivity contribution in [1.82, 2.24) is 9.55 Å². The molecule has 0 amide bonds. The Morgan fingerprint density at radius 2 is 2.00 bits per heavy atom. The highest BCUT2D eigenvalue weighted by Crippen LogP contribution is 2.24. The molecule has 0 saturated carbocycles. The number of halogens is 1. The second-order valence-corrected chi connectivity index (χ2v) is 4.31. The number of aromatic nitrogens is 2. The highest BCUT2D eigenvalue weighted by Gasteiger charge is 2.12. The average molecular weight is 247 g/mol. The van der Waals surface area contributed by atoms with E-state index in [0.717, 1.165) is 4.60 Å². The van der Waals surface area contributed by atoms with Crippen LogP contribution >= 0.6 is 15.9 Å². The third kappa shape index (κ3) is 2.46. The lowest BCUT2D eigenvalue weighted by molar-refractivity contribution is 0.207. The van der Waals surface area contributed by atoms with Gasteiger partial charge in [-0.1, -0.05) is 0 Å². The van der Waals surface area contributed by atoms with E-state index < -0.39 is 0 Å². The lowest BCUT2D eigenvalue weighted by atomic mass is 10.4. The fraction of sp³-hybridized carbons (Fsp3) is 0.667. The maximum Gasteiger partial charge on any atom is 0.297 e. The van der Waals surface area contributed by atoms with Crippen LogP contribution in [0.4, 0.5) is 0 Å². The normalized spacial score (nSPS) is 11.3. The highest BCUT2D eigenvalue weighted by molar-refractivity contribution is 9.10. The van der Waals surface area contributed by atoms with Crippen LogP contribution < -0.4 is 4.74 Å². The van der Waals surface area contributed by atoms with Crippen molar-refractivity contribution in [2.45, 2.75) is 39.8 Å². The Kier molecular flexibility index (Phi) is 3.36. The van der Waals surface area contributed by atoms with Gasteiger partial charge in [0.25, 0.3) is 6.01 Å². The number of ether oxygens (including phenoxy) is 1. The van der Waals surface area contributed by atoms with Gasteiger partial charge in [-0.2, -0.15) is 0 Å². The van der Waals surface area contributed by atoms with Crippen LogP contribution in [0.5, 0.6) is 6.01 Å². The van der Waals surface area contributed by atoms with Crippen LogP contribution in [0.15, 0.2) is 10.8 Å². The molecule has 1 rings (SSSR count). The molecule has 0 spiro atoms. The van der Waals surface area contributed by atoms with Crippen molar-refractivity contribution in [2.24, 2.45) is 0 Å². The smallest absolute Gasteiger partial charge is 0.297 e. The van der Waals surface area contributed by atoms with Gasteiger partial charge in [0.15, 0.2) is 0 Å². The topological polar surface area (TPSA) is 27.1 Å². The first-order valence-corrected chi connectivity index (χ1v) is 5.21. The third-order valence-corrected chi connectivity index (χ3v) is 2.16. The van der Waals surface area contributed by atoms with E-state index in [0.29, 0.717) is 12.1 Å². The quantitative estimate of drug-likeness (QED) is 0.820. The van der Waals surface area contributed by atoms with E-state index in [4.69, 9.17) is 4.74 Å². The van der Waals surface area contributed by atoms with Crippen molar-refractivity contribution in [3.05, 3.63) is 10.8 Å². The lowest BCUT2D eigenvalue weighted by Gasteiger charge is -2.14. The molecule has 0 saturated heterocycles. The molecule has 0 atom stereocenters. The second-order valence-electron chi connectivity index (χ2n) is 3.49. The summed E-state index contributed by atoms with van der Waals surface area (Å²) in [6, 6.07) is 1.03. The van der Waals surface area contributed by atoms with E-state index >= 15 is 0 Å². The number of nitrogens with zero attached hydrogens (tertiary/aromatic N) is 2. The zero-order valence-electron chi connectivity index (χ0n) is 8.41. The van der Waals surface area contributed by atoms with Crippen LogP contribution in [0.3, 0.4) is 0 Å². The van der Waals surface area contributed by atoms with Gasteiger partial charge in [0.2, 0.25) is 0 Å². The van der Waals surface area contributed by atoms with Gasteiger partial charge < -0.3 is 4.74 Å². The van der Waals surface area contributed by atoms with Crippen LogP contribution in [0.2, 0.25) is 0 Å². The van der Waals surface area contributed by atoms with Gasteiger partial charge in [-0.25, -0.2) is 4.98 Å². The minimum Gasteiger partial charge on any atom is -0.462 e. The minimum atomic E-state index is 0.159. The summed E-state index contributed by atoms with van der Waals surface area (Å²) in [5.74, 6) is 0. The number of rotatable bonds is 3. The van der Waals surface area contributed by atoms with Crippen LogP contribution in [-0.2, 0) is 0 Å². The molecule has 0 aliphatic heterocycles. The Bertz CT molecular complexity index is 281. The van der Waals surface area contributed by atoms with E-state index in [2.05, 4.69) is 34.8 Å². The van der Waals surface area contributed by atoms with Crippen molar-refractivity contribution in [2.75, 3.05) is 0 Å². The summed E-state index contributed by atoms with van der Waals surface area (Å²) in [6.45, 7) is 8.18. The molecule has 0 aromatic carbocycles. The minimum absolute atomic E-state index is 0.159. The largest absolute Gasteiger partial charge is 0.462 e. The van der Waals surface area contributed by atoms with Crippen molar-refractivity contribution >= 4 is 15.9 Å². The molecular weight excluding hydrogens is 232 g/mol. The SMILES string of the molecule is CC(C)Oc1ncc(Br)n1C(C)C. The van der Waals surface area contributed by atoms with Gasteiger partial charge in [0, 0.05) is 6.04 Å². The Balaban J connectivity index is 2.94. The molecule has 0 fully saturated rings. The zero-order valence-corrected chi connectivity index (χ0v) is 10.00. The molecule has 74 valence electrons. The number of hydrogen-bond acceptors (Lipinski definition) is 2.